The summed E-state index contributed by atoms with van der Waals surface area (Å²) in [7, 11) is 2.18. The largest absolute Gasteiger partial charge is 1.00 e. The normalized spacial score (nSPS) is 21.3. The minimum atomic E-state index is -0.347. The fraction of sp³-hybridized carbons (Fsp3) is 0.562. The highest BCUT2D eigenvalue weighted by atomic mass is 35.5. The molecule has 1 aromatic rings. The van der Waals surface area contributed by atoms with Gasteiger partial charge in [-0.25, -0.2) is 4.79 Å². The maximum absolute atomic E-state index is 11.9. The summed E-state index contributed by atoms with van der Waals surface area (Å²) in [5, 5.41) is 2.86. The molecule has 0 saturated carbocycles. The van der Waals surface area contributed by atoms with E-state index in [9.17, 15) is 4.79 Å². The van der Waals surface area contributed by atoms with Crippen molar-refractivity contribution in [2.24, 2.45) is 0 Å². The highest BCUT2D eigenvalue weighted by molar-refractivity contribution is 5.86. The van der Waals surface area contributed by atoms with E-state index in [-0.39, 0.29) is 18.5 Å². The Bertz CT molecular complexity index is 459. The van der Waals surface area contributed by atoms with Crippen LogP contribution in [0.2, 0.25) is 0 Å². The van der Waals surface area contributed by atoms with Crippen LogP contribution in [0.4, 0.5) is 10.5 Å². The van der Waals surface area contributed by atoms with Crippen LogP contribution in [0.1, 0.15) is 30.4 Å². The van der Waals surface area contributed by atoms with Gasteiger partial charge < -0.3 is 22.0 Å². The van der Waals surface area contributed by atoms with Crippen molar-refractivity contribution < 1.29 is 26.8 Å². The van der Waals surface area contributed by atoms with Crippen molar-refractivity contribution in [1.82, 2.24) is 0 Å². The second-order valence-corrected chi connectivity index (χ2v) is 5.78. The average molecular weight is 313 g/mol. The smallest absolute Gasteiger partial charge is 0.411 e. The molecule has 2 atom stereocenters. The first kappa shape index (κ1) is 17.8. The Morgan fingerprint density at radius 1 is 1.33 bits per heavy atom. The predicted molar refractivity (Wildman–Crippen MR) is 80.3 cm³/mol. The van der Waals surface area contributed by atoms with Crippen LogP contribution < -0.4 is 22.6 Å². The topological polar surface area (TPSA) is 42.8 Å². The zero-order chi connectivity index (χ0) is 14.5. The summed E-state index contributed by atoms with van der Waals surface area (Å²) in [6.45, 7) is 5.65. The van der Waals surface area contributed by atoms with Gasteiger partial charge in [-0.05, 0) is 37.8 Å². The van der Waals surface area contributed by atoms with Crippen LogP contribution in [-0.2, 0) is 4.74 Å². The van der Waals surface area contributed by atoms with E-state index < -0.39 is 0 Å². The molecule has 5 heteroatoms. The molecule has 0 bridgehead atoms. The summed E-state index contributed by atoms with van der Waals surface area (Å²) in [5.41, 5.74) is 2.98. The number of hydrogen-bond acceptors (Lipinski definition) is 2. The van der Waals surface area contributed by atoms with E-state index in [1.165, 1.54) is 24.3 Å². The van der Waals surface area contributed by atoms with E-state index in [1.807, 2.05) is 32.0 Å². The molecule has 2 N–H and O–H groups in total. The van der Waals surface area contributed by atoms with E-state index >= 15 is 0 Å². The third-order valence-electron chi connectivity index (χ3n) is 4.19. The monoisotopic (exact) mass is 312 g/mol. The van der Waals surface area contributed by atoms with Crippen molar-refractivity contribution in [1.29, 1.82) is 0 Å². The highest BCUT2D eigenvalue weighted by Gasteiger charge is 2.24. The quantitative estimate of drug-likeness (QED) is 0.746. The molecule has 1 heterocycles. The number of ether oxygens (including phenoxy) is 1. The van der Waals surface area contributed by atoms with Crippen molar-refractivity contribution in [3.05, 3.63) is 29.3 Å². The first-order valence-corrected chi connectivity index (χ1v) is 7.40. The number of carbonyl (C=O) groups excluding carboxylic acids is 1. The van der Waals surface area contributed by atoms with Crippen LogP contribution in [0.25, 0.3) is 0 Å². The third kappa shape index (κ3) is 4.90. The average Bonchev–Trinajstić information content (AvgIpc) is 2.42. The molecule has 1 amide bonds. The number of nitrogens with one attached hydrogen (secondary N) is 2. The number of hydrogen-bond donors (Lipinski definition) is 2. The lowest BCUT2D eigenvalue weighted by molar-refractivity contribution is -0.911. The van der Waals surface area contributed by atoms with Crippen molar-refractivity contribution in [3.8, 4) is 0 Å². The van der Waals surface area contributed by atoms with Gasteiger partial charge in [0.05, 0.1) is 13.6 Å². The van der Waals surface area contributed by atoms with Crippen LogP contribution in [-0.4, -0.2) is 32.3 Å². The molecular formula is C16H25ClN2O2. The number of rotatable bonds is 3. The second-order valence-electron chi connectivity index (χ2n) is 5.78. The van der Waals surface area contributed by atoms with Crippen LogP contribution in [0.5, 0.6) is 0 Å². The number of piperidine rings is 1. The Morgan fingerprint density at radius 3 is 2.62 bits per heavy atom. The summed E-state index contributed by atoms with van der Waals surface area (Å²) in [5.74, 6) is 0. The van der Waals surface area contributed by atoms with Gasteiger partial charge in [-0.15, -0.1) is 0 Å². The summed E-state index contributed by atoms with van der Waals surface area (Å²) in [4.78, 5) is 13.4. The SMILES string of the molecule is Cc1cccc(C)c1NC(=O)OCC1CCCC[NH+]1C.[Cl-]. The van der Waals surface area contributed by atoms with Gasteiger partial charge in [0.15, 0.2) is 0 Å². The van der Waals surface area contributed by atoms with Crippen LogP contribution in [0, 0.1) is 13.8 Å². The number of amides is 1. The second kappa shape index (κ2) is 8.25. The summed E-state index contributed by atoms with van der Waals surface area (Å²) >= 11 is 0. The molecule has 0 spiro atoms. The summed E-state index contributed by atoms with van der Waals surface area (Å²) < 4.78 is 5.39. The fourth-order valence-corrected chi connectivity index (χ4v) is 2.80. The van der Waals surface area contributed by atoms with Gasteiger partial charge in [0, 0.05) is 12.1 Å². The molecule has 1 fully saturated rings. The number of benzene rings is 1. The molecule has 2 unspecified atom stereocenters. The van der Waals surface area contributed by atoms with Crippen LogP contribution in [0.3, 0.4) is 0 Å². The summed E-state index contributed by atoms with van der Waals surface area (Å²) in [6, 6.07) is 6.40. The van der Waals surface area contributed by atoms with Gasteiger partial charge in [0.1, 0.15) is 12.6 Å². The molecular weight excluding hydrogens is 288 g/mol. The molecule has 1 saturated heterocycles. The first-order chi connectivity index (χ1) is 9.58. The maximum atomic E-state index is 11.9. The van der Waals surface area contributed by atoms with Crippen molar-refractivity contribution >= 4 is 11.8 Å². The number of likely N-dealkylation sites (tertiary alicyclic amines) is 1. The van der Waals surface area contributed by atoms with Crippen LogP contribution in [0.15, 0.2) is 18.2 Å². The van der Waals surface area contributed by atoms with E-state index in [2.05, 4.69) is 12.4 Å². The zero-order valence-electron chi connectivity index (χ0n) is 13.0. The molecule has 0 aliphatic carbocycles. The van der Waals surface area contributed by atoms with E-state index in [0.717, 1.165) is 23.2 Å². The Kier molecular flexibility index (Phi) is 6.99. The fourth-order valence-electron chi connectivity index (χ4n) is 2.80. The minimum Gasteiger partial charge on any atom is -1.00 e. The minimum absolute atomic E-state index is 0. The number of aryl methyl sites for hydroxylation is 2. The Morgan fingerprint density at radius 2 is 2.00 bits per heavy atom. The molecule has 0 radical (unpaired) electrons. The number of para-hydroxylation sites is 1. The number of halogens is 1. The lowest BCUT2D eigenvalue weighted by atomic mass is 10.0. The Balaban J connectivity index is 0.00000220. The lowest BCUT2D eigenvalue weighted by Gasteiger charge is -2.28. The molecule has 1 aliphatic rings. The van der Waals surface area contributed by atoms with Crippen molar-refractivity contribution in [2.75, 3.05) is 25.5 Å². The van der Waals surface area contributed by atoms with Gasteiger partial charge in [-0.1, -0.05) is 18.2 Å². The third-order valence-corrected chi connectivity index (χ3v) is 4.19. The van der Waals surface area contributed by atoms with Gasteiger partial charge >= 0.3 is 6.09 Å². The molecule has 1 aliphatic heterocycles. The van der Waals surface area contributed by atoms with Crippen molar-refractivity contribution in [3.63, 3.8) is 0 Å². The number of carbonyl (C=O) groups is 1. The Labute approximate surface area is 133 Å². The van der Waals surface area contributed by atoms with Gasteiger partial charge in [-0.3, -0.25) is 5.32 Å². The van der Waals surface area contributed by atoms with E-state index in [0.29, 0.717) is 12.6 Å². The number of anilines is 1. The molecule has 1 aromatic carbocycles. The summed E-state index contributed by atoms with van der Waals surface area (Å²) in [6.07, 6.45) is 3.31. The van der Waals surface area contributed by atoms with Gasteiger partial charge in [0.2, 0.25) is 0 Å². The molecule has 118 valence electrons. The molecule has 4 nitrogen and oxygen atoms in total. The maximum Gasteiger partial charge on any atom is 0.411 e. The Hall–Kier alpha value is -1.26. The predicted octanol–water partition coefficient (Wildman–Crippen LogP) is -1.08. The molecule has 21 heavy (non-hydrogen) atoms. The number of likely N-dealkylation sites (N-methyl/N-ethyl adjacent to an activating group) is 1. The molecule has 2 rings (SSSR count). The van der Waals surface area contributed by atoms with Gasteiger partial charge in [-0.2, -0.15) is 0 Å². The number of quaternary nitrogens is 1. The van der Waals surface area contributed by atoms with Crippen LogP contribution >= 0.6 is 0 Å². The zero-order valence-corrected chi connectivity index (χ0v) is 13.8. The van der Waals surface area contributed by atoms with Gasteiger partial charge in [0.25, 0.3) is 0 Å². The standard InChI is InChI=1S/C16H24N2O2.ClH/c1-12-7-6-8-13(2)15(12)17-16(19)20-11-14-9-4-5-10-18(14)3;/h6-8,14H,4-5,9-11H2,1-3H3,(H,17,19);1H. The van der Waals surface area contributed by atoms with E-state index in [4.69, 9.17) is 4.74 Å². The van der Waals surface area contributed by atoms with Crippen molar-refractivity contribution in [2.45, 2.75) is 39.2 Å². The first-order valence-electron chi connectivity index (χ1n) is 7.40. The molecule has 0 aromatic heterocycles. The highest BCUT2D eigenvalue weighted by Crippen LogP contribution is 2.19. The van der Waals surface area contributed by atoms with E-state index in [1.54, 1.807) is 0 Å². The lowest BCUT2D eigenvalue weighted by Crippen LogP contribution is -3.14.